The van der Waals surface area contributed by atoms with Gasteiger partial charge in [0.25, 0.3) is 0 Å². The normalized spacial score (nSPS) is 11.5. The second-order valence-corrected chi connectivity index (χ2v) is 3.49. The minimum atomic E-state index is -4.47. The minimum Gasteiger partial charge on any atom is -0.494 e. The highest BCUT2D eigenvalue weighted by molar-refractivity contribution is 9.10. The average Bonchev–Trinajstić information content (AvgIpc) is 2.01. The second kappa shape index (κ2) is 3.68. The van der Waals surface area contributed by atoms with Gasteiger partial charge in [-0.25, -0.2) is 0 Å². The number of nitrogens with two attached hydrogens (primary N) is 1. The van der Waals surface area contributed by atoms with E-state index >= 15 is 0 Å². The number of methoxy groups -OCH3 is 1. The van der Waals surface area contributed by atoms with Crippen LogP contribution in [0.4, 0.5) is 18.9 Å². The van der Waals surface area contributed by atoms with Gasteiger partial charge in [0.05, 0.1) is 12.8 Å². The molecule has 0 aliphatic rings. The number of rotatable bonds is 1. The molecule has 0 aliphatic heterocycles. The molecule has 14 heavy (non-hydrogen) atoms. The first kappa shape index (κ1) is 11.2. The van der Waals surface area contributed by atoms with Gasteiger partial charge in [0.2, 0.25) is 0 Å². The fourth-order valence-corrected chi connectivity index (χ4v) is 1.53. The molecule has 2 nitrogen and oxygen atoms in total. The van der Waals surface area contributed by atoms with Gasteiger partial charge in [-0.1, -0.05) is 15.9 Å². The van der Waals surface area contributed by atoms with Gasteiger partial charge in [0.15, 0.2) is 5.75 Å². The summed E-state index contributed by atoms with van der Waals surface area (Å²) in [6.45, 7) is 0. The third kappa shape index (κ3) is 2.12. The molecule has 0 radical (unpaired) electrons. The Bertz CT molecular complexity index is 351. The summed E-state index contributed by atoms with van der Waals surface area (Å²) in [5.74, 6) is -0.347. The Balaban J connectivity index is 3.40. The van der Waals surface area contributed by atoms with Crippen molar-refractivity contribution in [3.63, 3.8) is 0 Å². The van der Waals surface area contributed by atoms with Crippen molar-refractivity contribution in [3.8, 4) is 5.75 Å². The average molecular weight is 270 g/mol. The van der Waals surface area contributed by atoms with Crippen molar-refractivity contribution in [2.24, 2.45) is 0 Å². The maximum Gasteiger partial charge on any atom is 0.420 e. The molecular formula is C8H7BrF3NO. The molecule has 0 spiro atoms. The van der Waals surface area contributed by atoms with Gasteiger partial charge < -0.3 is 10.5 Å². The fourth-order valence-electron chi connectivity index (χ4n) is 1.05. The van der Waals surface area contributed by atoms with Crippen LogP contribution < -0.4 is 10.5 Å². The molecule has 1 rings (SSSR count). The molecule has 1 aromatic carbocycles. The van der Waals surface area contributed by atoms with E-state index < -0.39 is 11.7 Å². The maximum absolute atomic E-state index is 12.4. The van der Waals surface area contributed by atoms with E-state index in [0.717, 1.165) is 13.2 Å². The molecule has 6 heteroatoms. The number of anilines is 1. The summed E-state index contributed by atoms with van der Waals surface area (Å²) >= 11 is 2.93. The van der Waals surface area contributed by atoms with Gasteiger partial charge in [-0.05, 0) is 12.1 Å². The van der Waals surface area contributed by atoms with E-state index in [2.05, 4.69) is 20.7 Å². The zero-order valence-electron chi connectivity index (χ0n) is 7.15. The number of benzene rings is 1. The third-order valence-electron chi connectivity index (χ3n) is 1.59. The largest absolute Gasteiger partial charge is 0.494 e. The number of nitrogen functional groups attached to an aromatic ring is 1. The Morgan fingerprint density at radius 1 is 1.36 bits per heavy atom. The Morgan fingerprint density at radius 2 is 1.93 bits per heavy atom. The first-order valence-electron chi connectivity index (χ1n) is 3.56. The lowest BCUT2D eigenvalue weighted by Gasteiger charge is -2.14. The summed E-state index contributed by atoms with van der Waals surface area (Å²) in [4.78, 5) is 0. The first-order valence-corrected chi connectivity index (χ1v) is 4.35. The molecule has 0 heterocycles. The Labute approximate surface area is 87.0 Å². The molecule has 0 unspecified atom stereocenters. The van der Waals surface area contributed by atoms with Crippen molar-refractivity contribution in [1.82, 2.24) is 0 Å². The summed E-state index contributed by atoms with van der Waals surface area (Å²) in [7, 11) is 1.15. The van der Waals surface area contributed by atoms with E-state index in [1.165, 1.54) is 6.07 Å². The molecule has 2 N–H and O–H groups in total. The van der Waals surface area contributed by atoms with Gasteiger partial charge in [0.1, 0.15) is 5.56 Å². The van der Waals surface area contributed by atoms with Gasteiger partial charge in [-0.2, -0.15) is 13.2 Å². The number of halogens is 4. The molecule has 1 aromatic rings. The maximum atomic E-state index is 12.4. The quantitative estimate of drug-likeness (QED) is 0.796. The van der Waals surface area contributed by atoms with Crippen LogP contribution in [0.25, 0.3) is 0 Å². The van der Waals surface area contributed by atoms with Crippen LogP contribution in [-0.4, -0.2) is 7.11 Å². The lowest BCUT2D eigenvalue weighted by molar-refractivity contribution is -0.138. The van der Waals surface area contributed by atoms with Crippen molar-refractivity contribution in [3.05, 3.63) is 22.2 Å². The highest BCUT2D eigenvalue weighted by atomic mass is 79.9. The highest BCUT2D eigenvalue weighted by Crippen LogP contribution is 2.41. The van der Waals surface area contributed by atoms with E-state index in [0.29, 0.717) is 0 Å². The molecule has 78 valence electrons. The first-order chi connectivity index (χ1) is 6.36. The predicted molar refractivity (Wildman–Crippen MR) is 50.1 cm³/mol. The molecule has 0 saturated heterocycles. The van der Waals surface area contributed by atoms with Crippen LogP contribution in [0.3, 0.4) is 0 Å². The Morgan fingerprint density at radius 3 is 2.36 bits per heavy atom. The van der Waals surface area contributed by atoms with Crippen LogP contribution in [0, 0.1) is 0 Å². The van der Waals surface area contributed by atoms with Gasteiger partial charge in [0, 0.05) is 4.47 Å². The Kier molecular flexibility index (Phi) is 2.94. The van der Waals surface area contributed by atoms with E-state index in [1.54, 1.807) is 0 Å². The van der Waals surface area contributed by atoms with Crippen molar-refractivity contribution in [2.45, 2.75) is 6.18 Å². The zero-order chi connectivity index (χ0) is 10.9. The highest BCUT2D eigenvalue weighted by Gasteiger charge is 2.35. The molecule has 0 bridgehead atoms. The third-order valence-corrected chi connectivity index (χ3v) is 2.05. The van der Waals surface area contributed by atoms with E-state index in [9.17, 15) is 13.2 Å². The summed E-state index contributed by atoms with van der Waals surface area (Å²) in [6.07, 6.45) is -4.47. The predicted octanol–water partition coefficient (Wildman–Crippen LogP) is 3.06. The fraction of sp³-hybridized carbons (Fsp3) is 0.250. The number of hydrogen-bond donors (Lipinski definition) is 1. The minimum absolute atomic E-state index is 0.0470. The van der Waals surface area contributed by atoms with E-state index in [4.69, 9.17) is 5.73 Å². The van der Waals surface area contributed by atoms with Crippen molar-refractivity contribution < 1.29 is 17.9 Å². The number of hydrogen-bond acceptors (Lipinski definition) is 2. The van der Waals surface area contributed by atoms with Crippen molar-refractivity contribution in [2.75, 3.05) is 12.8 Å². The molecule has 0 saturated carbocycles. The lowest BCUT2D eigenvalue weighted by atomic mass is 10.1. The Hall–Kier alpha value is -0.910. The smallest absolute Gasteiger partial charge is 0.420 e. The second-order valence-electron chi connectivity index (χ2n) is 2.57. The van der Waals surface area contributed by atoms with Gasteiger partial charge >= 0.3 is 6.18 Å². The summed E-state index contributed by atoms with van der Waals surface area (Å²) in [5, 5.41) is 0. The van der Waals surface area contributed by atoms with Crippen LogP contribution in [0.15, 0.2) is 16.6 Å². The molecule has 0 aromatic heterocycles. The van der Waals surface area contributed by atoms with Crippen LogP contribution >= 0.6 is 15.9 Å². The monoisotopic (exact) mass is 269 g/mol. The number of ether oxygens (including phenoxy) is 1. The standard InChI is InChI=1S/C8H7BrF3NO/c1-14-7-5(8(10,11)12)2-4(9)3-6(7)13/h2-3H,13H2,1H3. The molecule has 0 aliphatic carbocycles. The molecular weight excluding hydrogens is 263 g/mol. The van der Waals surface area contributed by atoms with Crippen LogP contribution in [-0.2, 0) is 6.18 Å². The molecule has 0 fully saturated rings. The summed E-state index contributed by atoms with van der Waals surface area (Å²) < 4.78 is 42.2. The molecule has 0 amide bonds. The van der Waals surface area contributed by atoms with E-state index in [-0.39, 0.29) is 15.9 Å². The van der Waals surface area contributed by atoms with Crippen LogP contribution in [0.1, 0.15) is 5.56 Å². The summed E-state index contributed by atoms with van der Waals surface area (Å²) in [5.41, 5.74) is 4.44. The topological polar surface area (TPSA) is 35.2 Å². The number of alkyl halides is 3. The SMILES string of the molecule is COc1c(N)cc(Br)cc1C(F)(F)F. The van der Waals surface area contributed by atoms with Crippen LogP contribution in [0.2, 0.25) is 0 Å². The molecule has 0 atom stereocenters. The van der Waals surface area contributed by atoms with Gasteiger partial charge in [-0.15, -0.1) is 0 Å². The van der Waals surface area contributed by atoms with Gasteiger partial charge in [-0.3, -0.25) is 0 Å². The zero-order valence-corrected chi connectivity index (χ0v) is 8.74. The van der Waals surface area contributed by atoms with Crippen molar-refractivity contribution in [1.29, 1.82) is 0 Å². The van der Waals surface area contributed by atoms with E-state index in [1.807, 2.05) is 0 Å². The lowest BCUT2D eigenvalue weighted by Crippen LogP contribution is -2.09. The summed E-state index contributed by atoms with van der Waals surface area (Å²) in [6, 6.07) is 2.28. The van der Waals surface area contributed by atoms with Crippen molar-refractivity contribution >= 4 is 21.6 Å². The van der Waals surface area contributed by atoms with Crippen LogP contribution in [0.5, 0.6) is 5.75 Å².